The van der Waals surface area contributed by atoms with Crippen molar-refractivity contribution in [3.63, 3.8) is 0 Å². The number of nitrogen functional groups attached to an aromatic ring is 2. The van der Waals surface area contributed by atoms with Crippen LogP contribution in [0.5, 0.6) is 0 Å². The number of aromatic nitrogens is 6. The van der Waals surface area contributed by atoms with Crippen molar-refractivity contribution in [2.45, 2.75) is 13.0 Å². The maximum absolute atomic E-state index is 5.80. The van der Waals surface area contributed by atoms with Gasteiger partial charge in [0, 0.05) is 17.8 Å². The molecule has 0 spiro atoms. The second-order valence-corrected chi connectivity index (χ2v) is 7.37. The van der Waals surface area contributed by atoms with Gasteiger partial charge in [0.1, 0.15) is 18.0 Å². The third kappa shape index (κ3) is 3.79. The van der Waals surface area contributed by atoms with Crippen LogP contribution < -0.4 is 16.8 Å². The topological polar surface area (TPSA) is 133 Å². The number of rotatable bonds is 5. The summed E-state index contributed by atoms with van der Waals surface area (Å²) in [6.07, 6.45) is 3.47. The van der Waals surface area contributed by atoms with Crippen molar-refractivity contribution < 1.29 is 0 Å². The molecule has 5 N–H and O–H groups in total. The third-order valence-electron chi connectivity index (χ3n) is 5.14. The highest BCUT2D eigenvalue weighted by Crippen LogP contribution is 2.25. The molecule has 0 saturated carbocycles. The van der Waals surface area contributed by atoms with E-state index in [4.69, 9.17) is 11.5 Å². The number of imidazole rings is 1. The SMILES string of the molecule is CC(Nc1nccc(-n2cnc3cc(-c4cc(N)nc(N)n4)ccc32)n1)c1ccccc1. The summed E-state index contributed by atoms with van der Waals surface area (Å²) >= 11 is 0. The highest BCUT2D eigenvalue weighted by Gasteiger charge is 2.12. The molecule has 0 radical (unpaired) electrons. The third-order valence-corrected chi connectivity index (χ3v) is 5.14. The van der Waals surface area contributed by atoms with Crippen molar-refractivity contribution in [1.82, 2.24) is 29.5 Å². The van der Waals surface area contributed by atoms with Crippen LogP contribution in [-0.2, 0) is 0 Å². The number of benzene rings is 2. The van der Waals surface area contributed by atoms with Crippen LogP contribution in [0.1, 0.15) is 18.5 Å². The van der Waals surface area contributed by atoms with E-state index >= 15 is 0 Å². The summed E-state index contributed by atoms with van der Waals surface area (Å²) in [7, 11) is 0. The first-order chi connectivity index (χ1) is 15.6. The highest BCUT2D eigenvalue weighted by atomic mass is 15.2. The van der Waals surface area contributed by atoms with Gasteiger partial charge in [0.15, 0.2) is 0 Å². The van der Waals surface area contributed by atoms with Gasteiger partial charge in [-0.15, -0.1) is 0 Å². The normalized spacial score (nSPS) is 12.0. The number of nitrogens with two attached hydrogens (primary N) is 2. The molecule has 3 aromatic heterocycles. The monoisotopic (exact) mass is 423 g/mol. The van der Waals surface area contributed by atoms with Gasteiger partial charge in [-0.2, -0.15) is 9.97 Å². The summed E-state index contributed by atoms with van der Waals surface area (Å²) in [5.41, 5.74) is 15.9. The first-order valence-corrected chi connectivity index (χ1v) is 10.1. The molecule has 0 bridgehead atoms. The lowest BCUT2D eigenvalue weighted by molar-refractivity contribution is 0.854. The van der Waals surface area contributed by atoms with Crippen molar-refractivity contribution in [3.05, 3.63) is 78.8 Å². The van der Waals surface area contributed by atoms with Gasteiger partial charge in [-0.25, -0.2) is 15.0 Å². The van der Waals surface area contributed by atoms with Crippen LogP contribution in [0.25, 0.3) is 28.1 Å². The van der Waals surface area contributed by atoms with Gasteiger partial charge in [-0.05, 0) is 30.7 Å². The summed E-state index contributed by atoms with van der Waals surface area (Å²) in [6, 6.07) is 19.6. The molecule has 5 rings (SSSR count). The van der Waals surface area contributed by atoms with Gasteiger partial charge in [0.25, 0.3) is 0 Å². The maximum atomic E-state index is 5.80. The minimum Gasteiger partial charge on any atom is -0.384 e. The Morgan fingerprint density at radius 2 is 1.75 bits per heavy atom. The zero-order chi connectivity index (χ0) is 22.1. The molecule has 0 fully saturated rings. The van der Waals surface area contributed by atoms with Crippen LogP contribution in [0.2, 0.25) is 0 Å². The fraction of sp³-hybridized carbons (Fsp3) is 0.0870. The molecule has 5 aromatic rings. The molecule has 9 heteroatoms. The predicted octanol–water partition coefficient (Wildman–Crippen LogP) is 3.61. The van der Waals surface area contributed by atoms with Crippen molar-refractivity contribution in [2.75, 3.05) is 16.8 Å². The van der Waals surface area contributed by atoms with Gasteiger partial charge in [-0.1, -0.05) is 36.4 Å². The standard InChI is InChI=1S/C23H21N9/c1-14(15-5-3-2-4-6-15)28-23-26-10-9-21(31-23)32-13-27-18-11-16(7-8-19(18)32)17-12-20(24)30-22(25)29-17/h2-14H,1H3,(H,26,28,31)(H4,24,25,29,30). The number of nitrogens with zero attached hydrogens (tertiary/aromatic N) is 6. The van der Waals surface area contributed by atoms with Crippen molar-refractivity contribution in [1.29, 1.82) is 0 Å². The first-order valence-electron chi connectivity index (χ1n) is 10.1. The molecule has 0 amide bonds. The summed E-state index contributed by atoms with van der Waals surface area (Å²) in [6.45, 7) is 2.08. The van der Waals surface area contributed by atoms with Crippen molar-refractivity contribution in [2.24, 2.45) is 0 Å². The van der Waals surface area contributed by atoms with Crippen LogP contribution in [0, 0.1) is 0 Å². The number of fused-ring (bicyclic) bond motifs is 1. The Bertz CT molecular complexity index is 1380. The van der Waals surface area contributed by atoms with Crippen LogP contribution in [0.15, 0.2) is 73.2 Å². The zero-order valence-electron chi connectivity index (χ0n) is 17.3. The zero-order valence-corrected chi connectivity index (χ0v) is 17.3. The molecule has 0 saturated heterocycles. The van der Waals surface area contributed by atoms with Crippen LogP contribution >= 0.6 is 0 Å². The second kappa shape index (κ2) is 7.95. The van der Waals surface area contributed by atoms with Crippen LogP contribution in [0.3, 0.4) is 0 Å². The summed E-state index contributed by atoms with van der Waals surface area (Å²) < 4.78 is 1.92. The van der Waals surface area contributed by atoms with E-state index < -0.39 is 0 Å². The molecule has 0 aliphatic carbocycles. The molecule has 1 unspecified atom stereocenters. The average molecular weight is 423 g/mol. The molecule has 9 nitrogen and oxygen atoms in total. The molecule has 1 atom stereocenters. The molecular formula is C23H21N9. The van der Waals surface area contributed by atoms with E-state index in [0.29, 0.717) is 23.3 Å². The quantitative estimate of drug-likeness (QED) is 0.390. The van der Waals surface area contributed by atoms with Gasteiger partial charge in [-0.3, -0.25) is 4.57 Å². The fourth-order valence-electron chi connectivity index (χ4n) is 3.56. The van der Waals surface area contributed by atoms with Gasteiger partial charge < -0.3 is 16.8 Å². The van der Waals surface area contributed by atoms with E-state index in [9.17, 15) is 0 Å². The summed E-state index contributed by atoms with van der Waals surface area (Å²) in [5.74, 6) is 1.72. The van der Waals surface area contributed by atoms with Crippen LogP contribution in [-0.4, -0.2) is 29.5 Å². The van der Waals surface area contributed by atoms with Gasteiger partial charge in [0.05, 0.1) is 22.8 Å². The molecule has 3 heterocycles. The average Bonchev–Trinajstić information content (AvgIpc) is 3.22. The van der Waals surface area contributed by atoms with E-state index in [1.807, 2.05) is 47.0 Å². The summed E-state index contributed by atoms with van der Waals surface area (Å²) in [5, 5.41) is 3.36. The largest absolute Gasteiger partial charge is 0.384 e. The van der Waals surface area contributed by atoms with Crippen molar-refractivity contribution >= 4 is 28.7 Å². The summed E-state index contributed by atoms with van der Waals surface area (Å²) in [4.78, 5) is 21.8. The van der Waals surface area contributed by atoms with E-state index in [-0.39, 0.29) is 12.0 Å². The Balaban J connectivity index is 1.45. The van der Waals surface area contributed by atoms with E-state index in [1.54, 1.807) is 18.6 Å². The van der Waals surface area contributed by atoms with E-state index in [2.05, 4.69) is 49.3 Å². The minimum absolute atomic E-state index is 0.0706. The molecule has 0 aliphatic heterocycles. The number of anilines is 3. The highest BCUT2D eigenvalue weighted by molar-refractivity contribution is 5.83. The lowest BCUT2D eigenvalue weighted by atomic mass is 10.1. The molecule has 158 valence electrons. The predicted molar refractivity (Wildman–Crippen MR) is 125 cm³/mol. The Morgan fingerprint density at radius 1 is 0.906 bits per heavy atom. The number of hydrogen-bond acceptors (Lipinski definition) is 8. The Labute approximate surface area is 184 Å². The molecule has 0 aliphatic rings. The maximum Gasteiger partial charge on any atom is 0.225 e. The fourth-order valence-corrected chi connectivity index (χ4v) is 3.56. The molecule has 2 aromatic carbocycles. The van der Waals surface area contributed by atoms with Gasteiger partial charge >= 0.3 is 0 Å². The number of nitrogens with one attached hydrogen (secondary N) is 1. The Morgan fingerprint density at radius 3 is 2.56 bits per heavy atom. The smallest absolute Gasteiger partial charge is 0.225 e. The van der Waals surface area contributed by atoms with Crippen LogP contribution in [0.4, 0.5) is 17.7 Å². The first kappa shape index (κ1) is 19.4. The molecular weight excluding hydrogens is 402 g/mol. The lowest BCUT2D eigenvalue weighted by Gasteiger charge is -2.14. The molecule has 32 heavy (non-hydrogen) atoms. The Hall–Kier alpha value is -4.53. The second-order valence-electron chi connectivity index (χ2n) is 7.37. The van der Waals surface area contributed by atoms with Crippen molar-refractivity contribution in [3.8, 4) is 17.1 Å². The minimum atomic E-state index is 0.0706. The van der Waals surface area contributed by atoms with E-state index in [1.165, 1.54) is 0 Å². The van der Waals surface area contributed by atoms with E-state index in [0.717, 1.165) is 22.2 Å². The Kier molecular flexibility index (Phi) is 4.83. The number of hydrogen-bond donors (Lipinski definition) is 3. The lowest BCUT2D eigenvalue weighted by Crippen LogP contribution is -2.10. The van der Waals surface area contributed by atoms with Gasteiger partial charge in [0.2, 0.25) is 11.9 Å².